The summed E-state index contributed by atoms with van der Waals surface area (Å²) in [6.07, 6.45) is 3.56. The maximum Gasteiger partial charge on any atom is 0.310 e. The van der Waals surface area contributed by atoms with E-state index in [2.05, 4.69) is 5.32 Å². The minimum absolute atomic E-state index is 0.0536. The number of benzene rings is 1. The quantitative estimate of drug-likeness (QED) is 0.660. The van der Waals surface area contributed by atoms with Crippen LogP contribution in [0.4, 0.5) is 5.69 Å². The summed E-state index contributed by atoms with van der Waals surface area (Å²) in [6, 6.07) is 7.17. The largest absolute Gasteiger partial charge is 0.486 e. The van der Waals surface area contributed by atoms with Gasteiger partial charge in [0.05, 0.1) is 18.0 Å². The van der Waals surface area contributed by atoms with E-state index in [0.717, 1.165) is 25.9 Å². The third-order valence-electron chi connectivity index (χ3n) is 4.51. The Labute approximate surface area is 134 Å². The van der Waals surface area contributed by atoms with Crippen LogP contribution >= 0.6 is 0 Å². The van der Waals surface area contributed by atoms with Gasteiger partial charge in [-0.1, -0.05) is 12.1 Å². The standard InChI is InChI=1S/C16H21N3O4/c20-16(18-9-7-12-5-6-13(11-18)17-12)8-10-23-15-4-2-1-3-14(15)19(21)22/h1-4,12-13,17H,5-11H2. The molecule has 1 aromatic carbocycles. The van der Waals surface area contributed by atoms with Gasteiger partial charge in [0.15, 0.2) is 5.75 Å². The second-order valence-corrected chi connectivity index (χ2v) is 6.09. The first kappa shape index (κ1) is 15.7. The Morgan fingerprint density at radius 3 is 2.91 bits per heavy atom. The van der Waals surface area contributed by atoms with E-state index in [1.165, 1.54) is 12.5 Å². The maximum absolute atomic E-state index is 12.3. The number of ether oxygens (including phenoxy) is 1. The Hall–Kier alpha value is -2.15. The molecule has 2 fully saturated rings. The monoisotopic (exact) mass is 319 g/mol. The Morgan fingerprint density at radius 1 is 1.30 bits per heavy atom. The summed E-state index contributed by atoms with van der Waals surface area (Å²) in [5, 5.41) is 14.5. The van der Waals surface area contributed by atoms with Gasteiger partial charge in [0, 0.05) is 31.2 Å². The number of amides is 1. The number of hydrogen-bond donors (Lipinski definition) is 1. The van der Waals surface area contributed by atoms with Crippen molar-refractivity contribution < 1.29 is 14.5 Å². The van der Waals surface area contributed by atoms with E-state index in [4.69, 9.17) is 4.74 Å². The molecule has 2 aliphatic rings. The first-order valence-electron chi connectivity index (χ1n) is 8.03. The molecular weight excluding hydrogens is 298 g/mol. The smallest absolute Gasteiger partial charge is 0.310 e. The molecule has 2 saturated heterocycles. The van der Waals surface area contributed by atoms with Gasteiger partial charge in [0.2, 0.25) is 5.91 Å². The lowest BCUT2D eigenvalue weighted by Crippen LogP contribution is -2.39. The van der Waals surface area contributed by atoms with Gasteiger partial charge in [0.1, 0.15) is 0 Å². The van der Waals surface area contributed by atoms with Crippen molar-refractivity contribution in [3.63, 3.8) is 0 Å². The highest BCUT2D eigenvalue weighted by Crippen LogP contribution is 2.26. The molecule has 1 N–H and O–H groups in total. The van der Waals surface area contributed by atoms with E-state index < -0.39 is 4.92 Å². The second-order valence-electron chi connectivity index (χ2n) is 6.09. The topological polar surface area (TPSA) is 84.7 Å². The molecule has 3 rings (SSSR count). The average Bonchev–Trinajstić information content (AvgIpc) is 2.86. The van der Waals surface area contributed by atoms with Gasteiger partial charge >= 0.3 is 5.69 Å². The summed E-state index contributed by atoms with van der Waals surface area (Å²) in [5.74, 6) is 0.264. The third kappa shape index (κ3) is 3.79. The molecule has 2 bridgehead atoms. The Bertz CT molecular complexity index is 592. The number of rotatable bonds is 5. The zero-order chi connectivity index (χ0) is 16.2. The van der Waals surface area contributed by atoms with Crippen molar-refractivity contribution >= 4 is 11.6 Å². The molecule has 0 spiro atoms. The number of nitro groups is 1. The fourth-order valence-electron chi connectivity index (χ4n) is 3.31. The van der Waals surface area contributed by atoms with Gasteiger partial charge in [-0.25, -0.2) is 0 Å². The molecule has 1 amide bonds. The van der Waals surface area contributed by atoms with Crippen molar-refractivity contribution in [1.29, 1.82) is 0 Å². The molecule has 2 aliphatic heterocycles. The molecule has 1 aromatic rings. The van der Waals surface area contributed by atoms with Gasteiger partial charge in [-0.3, -0.25) is 14.9 Å². The predicted octanol–water partition coefficient (Wildman–Crippen LogP) is 1.72. The van der Waals surface area contributed by atoms with Crippen LogP contribution in [0.2, 0.25) is 0 Å². The number of nitro benzene ring substituents is 1. The normalized spacial score (nSPS) is 23.4. The number of para-hydroxylation sites is 2. The lowest BCUT2D eigenvalue weighted by Gasteiger charge is -2.24. The summed E-state index contributed by atoms with van der Waals surface area (Å²) < 4.78 is 5.45. The van der Waals surface area contributed by atoms with E-state index in [9.17, 15) is 14.9 Å². The molecule has 0 aromatic heterocycles. The van der Waals surface area contributed by atoms with E-state index in [0.29, 0.717) is 12.1 Å². The SMILES string of the molecule is O=C(CCOc1ccccc1[N+](=O)[O-])N1CCC2CCC(C1)N2. The van der Waals surface area contributed by atoms with E-state index >= 15 is 0 Å². The molecule has 0 radical (unpaired) electrons. The van der Waals surface area contributed by atoms with Gasteiger partial charge in [-0.05, 0) is 25.3 Å². The van der Waals surface area contributed by atoms with Crippen LogP contribution in [0.3, 0.4) is 0 Å². The zero-order valence-corrected chi connectivity index (χ0v) is 12.9. The van der Waals surface area contributed by atoms with Crippen LogP contribution in [0, 0.1) is 10.1 Å². The van der Waals surface area contributed by atoms with Crippen LogP contribution in [-0.2, 0) is 4.79 Å². The van der Waals surface area contributed by atoms with Crippen LogP contribution in [0.5, 0.6) is 5.75 Å². The molecule has 2 atom stereocenters. The van der Waals surface area contributed by atoms with Crippen LogP contribution in [0.25, 0.3) is 0 Å². The Balaban J connectivity index is 1.51. The maximum atomic E-state index is 12.3. The lowest BCUT2D eigenvalue weighted by atomic mass is 10.1. The number of hydrogen-bond acceptors (Lipinski definition) is 5. The molecule has 23 heavy (non-hydrogen) atoms. The molecule has 124 valence electrons. The molecule has 0 saturated carbocycles. The molecule has 2 unspecified atom stereocenters. The lowest BCUT2D eigenvalue weighted by molar-refractivity contribution is -0.385. The minimum atomic E-state index is -0.478. The van der Waals surface area contributed by atoms with Crippen molar-refractivity contribution in [3.8, 4) is 5.75 Å². The van der Waals surface area contributed by atoms with Crippen molar-refractivity contribution in [2.45, 2.75) is 37.8 Å². The molecule has 2 heterocycles. The fraction of sp³-hybridized carbons (Fsp3) is 0.562. The van der Waals surface area contributed by atoms with Crippen molar-refractivity contribution in [1.82, 2.24) is 10.2 Å². The summed E-state index contributed by atoms with van der Waals surface area (Å²) in [7, 11) is 0. The summed E-state index contributed by atoms with van der Waals surface area (Å²) in [4.78, 5) is 24.7. The van der Waals surface area contributed by atoms with Gasteiger partial charge in [-0.15, -0.1) is 0 Å². The molecule has 0 aliphatic carbocycles. The van der Waals surface area contributed by atoms with Gasteiger partial charge in [-0.2, -0.15) is 0 Å². The summed E-state index contributed by atoms with van der Waals surface area (Å²) in [6.45, 7) is 1.68. The molecular formula is C16H21N3O4. The van der Waals surface area contributed by atoms with Crippen LogP contribution < -0.4 is 10.1 Å². The van der Waals surface area contributed by atoms with Crippen LogP contribution in [-0.4, -0.2) is 47.5 Å². The van der Waals surface area contributed by atoms with Gasteiger partial charge < -0.3 is 15.0 Å². The summed E-state index contributed by atoms with van der Waals surface area (Å²) in [5.41, 5.74) is -0.0729. The zero-order valence-electron chi connectivity index (χ0n) is 12.9. The van der Waals surface area contributed by atoms with Crippen LogP contribution in [0.1, 0.15) is 25.7 Å². The highest BCUT2D eigenvalue weighted by Gasteiger charge is 2.30. The van der Waals surface area contributed by atoms with Crippen molar-refractivity contribution in [2.24, 2.45) is 0 Å². The first-order chi connectivity index (χ1) is 11.1. The number of carbonyl (C=O) groups is 1. The number of fused-ring (bicyclic) bond motifs is 2. The highest BCUT2D eigenvalue weighted by atomic mass is 16.6. The molecule has 7 heteroatoms. The van der Waals surface area contributed by atoms with Crippen molar-refractivity contribution in [2.75, 3.05) is 19.7 Å². The van der Waals surface area contributed by atoms with E-state index in [1.54, 1.807) is 18.2 Å². The second kappa shape index (κ2) is 6.95. The molecule has 7 nitrogen and oxygen atoms in total. The number of likely N-dealkylation sites (tertiary alicyclic amines) is 1. The first-order valence-corrected chi connectivity index (χ1v) is 8.03. The average molecular weight is 319 g/mol. The number of nitrogens with one attached hydrogen (secondary N) is 1. The predicted molar refractivity (Wildman–Crippen MR) is 84.4 cm³/mol. The van der Waals surface area contributed by atoms with Crippen LogP contribution in [0.15, 0.2) is 24.3 Å². The Morgan fingerprint density at radius 2 is 2.09 bits per heavy atom. The summed E-state index contributed by atoms with van der Waals surface area (Å²) >= 11 is 0. The highest BCUT2D eigenvalue weighted by molar-refractivity contribution is 5.76. The minimum Gasteiger partial charge on any atom is -0.486 e. The number of carbonyl (C=O) groups excluding carboxylic acids is 1. The van der Waals surface area contributed by atoms with Crippen molar-refractivity contribution in [3.05, 3.63) is 34.4 Å². The Kier molecular flexibility index (Phi) is 4.76. The van der Waals surface area contributed by atoms with Gasteiger partial charge in [0.25, 0.3) is 0 Å². The fourth-order valence-corrected chi connectivity index (χ4v) is 3.31. The van der Waals surface area contributed by atoms with E-state index in [1.807, 2.05) is 4.90 Å². The third-order valence-corrected chi connectivity index (χ3v) is 4.51. The number of nitrogens with zero attached hydrogens (tertiary/aromatic N) is 2. The van der Waals surface area contributed by atoms with E-state index in [-0.39, 0.29) is 30.4 Å².